The molecule has 0 spiro atoms. The Kier molecular flexibility index (Phi) is 7.62. The van der Waals surface area contributed by atoms with E-state index in [9.17, 15) is 4.79 Å². The predicted molar refractivity (Wildman–Crippen MR) is 78.8 cm³/mol. The molecule has 0 radical (unpaired) electrons. The van der Waals surface area contributed by atoms with Gasteiger partial charge in [-0.25, -0.2) is 0 Å². The first-order chi connectivity index (χ1) is 8.75. The SMILES string of the molecule is CCCCCCCCCC1(CC)CCCCC1=O. The van der Waals surface area contributed by atoms with Crippen molar-refractivity contribution in [2.45, 2.75) is 97.3 Å². The fraction of sp³-hybridized carbons (Fsp3) is 0.941. The molecular formula is C17H32O. The lowest BCUT2D eigenvalue weighted by Crippen LogP contribution is -2.33. The summed E-state index contributed by atoms with van der Waals surface area (Å²) in [5, 5.41) is 0. The van der Waals surface area contributed by atoms with Crippen LogP contribution in [0.1, 0.15) is 97.3 Å². The molecule has 1 heteroatoms. The highest BCUT2D eigenvalue weighted by atomic mass is 16.1. The van der Waals surface area contributed by atoms with Crippen LogP contribution in [0, 0.1) is 5.41 Å². The molecule has 0 saturated heterocycles. The van der Waals surface area contributed by atoms with Crippen LogP contribution in [0.3, 0.4) is 0 Å². The number of ketones is 1. The van der Waals surface area contributed by atoms with Crippen molar-refractivity contribution in [3.8, 4) is 0 Å². The molecule has 18 heavy (non-hydrogen) atoms. The summed E-state index contributed by atoms with van der Waals surface area (Å²) in [6.45, 7) is 4.48. The largest absolute Gasteiger partial charge is 0.299 e. The maximum atomic E-state index is 12.2. The van der Waals surface area contributed by atoms with Gasteiger partial charge in [0, 0.05) is 11.8 Å². The first-order valence-corrected chi connectivity index (χ1v) is 8.28. The highest BCUT2D eigenvalue weighted by Crippen LogP contribution is 2.40. The van der Waals surface area contributed by atoms with Gasteiger partial charge in [-0.2, -0.15) is 0 Å². The number of Topliss-reactive ketones (excluding diaryl/α,β-unsaturated/α-hetero) is 1. The summed E-state index contributed by atoms with van der Waals surface area (Å²) in [6, 6.07) is 0. The summed E-state index contributed by atoms with van der Waals surface area (Å²) in [5.74, 6) is 0.572. The van der Waals surface area contributed by atoms with Crippen LogP contribution in [0.25, 0.3) is 0 Å². The zero-order valence-electron chi connectivity index (χ0n) is 12.6. The van der Waals surface area contributed by atoms with Crippen molar-refractivity contribution in [2.24, 2.45) is 5.41 Å². The summed E-state index contributed by atoms with van der Waals surface area (Å²) in [6.07, 6.45) is 16.1. The van der Waals surface area contributed by atoms with Crippen molar-refractivity contribution in [1.82, 2.24) is 0 Å². The molecule has 0 heterocycles. The third kappa shape index (κ3) is 4.74. The summed E-state index contributed by atoms with van der Waals surface area (Å²) < 4.78 is 0. The lowest BCUT2D eigenvalue weighted by Gasteiger charge is -2.35. The third-order valence-electron chi connectivity index (χ3n) is 4.84. The minimum atomic E-state index is 0.0850. The molecule has 0 N–H and O–H groups in total. The van der Waals surface area contributed by atoms with E-state index in [1.807, 2.05) is 0 Å². The minimum Gasteiger partial charge on any atom is -0.299 e. The monoisotopic (exact) mass is 252 g/mol. The lowest BCUT2D eigenvalue weighted by atomic mass is 9.68. The van der Waals surface area contributed by atoms with Gasteiger partial charge in [-0.05, 0) is 25.7 Å². The zero-order valence-corrected chi connectivity index (χ0v) is 12.6. The number of unbranched alkanes of at least 4 members (excludes halogenated alkanes) is 6. The first kappa shape index (κ1) is 15.7. The Labute approximate surface area is 114 Å². The molecule has 1 aliphatic rings. The van der Waals surface area contributed by atoms with Gasteiger partial charge in [0.2, 0.25) is 0 Å². The highest BCUT2D eigenvalue weighted by molar-refractivity contribution is 5.85. The molecule has 1 atom stereocenters. The summed E-state index contributed by atoms with van der Waals surface area (Å²) >= 11 is 0. The van der Waals surface area contributed by atoms with Gasteiger partial charge in [0.25, 0.3) is 0 Å². The Morgan fingerprint density at radius 3 is 2.22 bits per heavy atom. The van der Waals surface area contributed by atoms with Crippen LogP contribution in [0.5, 0.6) is 0 Å². The van der Waals surface area contributed by atoms with Crippen LogP contribution < -0.4 is 0 Å². The molecule has 1 fully saturated rings. The van der Waals surface area contributed by atoms with Crippen molar-refractivity contribution >= 4 is 5.78 Å². The summed E-state index contributed by atoms with van der Waals surface area (Å²) in [4.78, 5) is 12.2. The first-order valence-electron chi connectivity index (χ1n) is 8.28. The van der Waals surface area contributed by atoms with E-state index in [0.29, 0.717) is 5.78 Å². The molecule has 0 bridgehead atoms. The van der Waals surface area contributed by atoms with Crippen LogP contribution in [0.15, 0.2) is 0 Å². The molecule has 1 aliphatic carbocycles. The van der Waals surface area contributed by atoms with Crippen LogP contribution in [0.4, 0.5) is 0 Å². The van der Waals surface area contributed by atoms with E-state index in [0.717, 1.165) is 32.1 Å². The maximum absolute atomic E-state index is 12.2. The average Bonchev–Trinajstić information content (AvgIpc) is 2.40. The molecule has 0 aromatic rings. The molecular weight excluding hydrogens is 220 g/mol. The van der Waals surface area contributed by atoms with Crippen molar-refractivity contribution in [2.75, 3.05) is 0 Å². The Balaban J connectivity index is 2.17. The van der Waals surface area contributed by atoms with E-state index in [1.54, 1.807) is 0 Å². The van der Waals surface area contributed by atoms with E-state index in [1.165, 1.54) is 51.4 Å². The Bertz CT molecular complexity index is 234. The fourth-order valence-corrected chi connectivity index (χ4v) is 3.39. The molecule has 0 amide bonds. The second-order valence-corrected chi connectivity index (χ2v) is 6.14. The smallest absolute Gasteiger partial charge is 0.139 e. The molecule has 106 valence electrons. The van der Waals surface area contributed by atoms with Crippen molar-refractivity contribution < 1.29 is 4.79 Å². The van der Waals surface area contributed by atoms with Gasteiger partial charge in [0.15, 0.2) is 0 Å². The van der Waals surface area contributed by atoms with Gasteiger partial charge in [-0.1, -0.05) is 65.2 Å². The maximum Gasteiger partial charge on any atom is 0.139 e. The van der Waals surface area contributed by atoms with E-state index in [4.69, 9.17) is 0 Å². The number of carbonyl (C=O) groups excluding carboxylic acids is 1. The van der Waals surface area contributed by atoms with Crippen LogP contribution in [0.2, 0.25) is 0 Å². The van der Waals surface area contributed by atoms with Gasteiger partial charge in [0.1, 0.15) is 5.78 Å². The normalized spacial score (nSPS) is 24.4. The second kappa shape index (κ2) is 8.72. The molecule has 1 unspecified atom stereocenters. The minimum absolute atomic E-state index is 0.0850. The molecule has 0 aliphatic heterocycles. The van der Waals surface area contributed by atoms with E-state index in [-0.39, 0.29) is 5.41 Å². The van der Waals surface area contributed by atoms with Crippen molar-refractivity contribution in [1.29, 1.82) is 0 Å². The molecule has 1 rings (SSSR count). The molecule has 0 aromatic carbocycles. The van der Waals surface area contributed by atoms with Gasteiger partial charge in [0.05, 0.1) is 0 Å². The summed E-state index contributed by atoms with van der Waals surface area (Å²) in [7, 11) is 0. The molecule has 1 saturated carbocycles. The lowest BCUT2D eigenvalue weighted by molar-refractivity contribution is -0.132. The standard InChI is InChI=1S/C17H32O/c1-3-5-6-7-8-9-11-14-17(4-2)15-12-10-13-16(17)18/h3-15H2,1-2H3. The molecule has 1 nitrogen and oxygen atoms in total. The van der Waals surface area contributed by atoms with Gasteiger partial charge >= 0.3 is 0 Å². The average molecular weight is 252 g/mol. The van der Waals surface area contributed by atoms with Gasteiger partial charge in [-0.15, -0.1) is 0 Å². The van der Waals surface area contributed by atoms with Crippen LogP contribution in [-0.4, -0.2) is 5.78 Å². The Morgan fingerprint density at radius 1 is 0.944 bits per heavy atom. The number of hydrogen-bond donors (Lipinski definition) is 0. The quantitative estimate of drug-likeness (QED) is 0.483. The topological polar surface area (TPSA) is 17.1 Å². The van der Waals surface area contributed by atoms with Crippen LogP contribution in [-0.2, 0) is 4.79 Å². The third-order valence-corrected chi connectivity index (χ3v) is 4.84. The molecule has 0 aromatic heterocycles. The predicted octanol–water partition coefficient (Wildman–Crippen LogP) is 5.67. The Hall–Kier alpha value is -0.330. The number of carbonyl (C=O) groups is 1. The van der Waals surface area contributed by atoms with E-state index in [2.05, 4.69) is 13.8 Å². The van der Waals surface area contributed by atoms with Gasteiger partial charge < -0.3 is 0 Å². The zero-order chi connectivity index (χ0) is 13.3. The van der Waals surface area contributed by atoms with E-state index < -0.39 is 0 Å². The fourth-order valence-electron chi connectivity index (χ4n) is 3.39. The van der Waals surface area contributed by atoms with E-state index >= 15 is 0 Å². The second-order valence-electron chi connectivity index (χ2n) is 6.14. The van der Waals surface area contributed by atoms with Crippen molar-refractivity contribution in [3.63, 3.8) is 0 Å². The number of rotatable bonds is 9. The van der Waals surface area contributed by atoms with Gasteiger partial charge in [-0.3, -0.25) is 4.79 Å². The van der Waals surface area contributed by atoms with Crippen LogP contribution >= 0.6 is 0 Å². The summed E-state index contributed by atoms with van der Waals surface area (Å²) in [5.41, 5.74) is 0.0850. The van der Waals surface area contributed by atoms with Crippen molar-refractivity contribution in [3.05, 3.63) is 0 Å². The number of hydrogen-bond acceptors (Lipinski definition) is 1. The Morgan fingerprint density at radius 2 is 1.61 bits per heavy atom. The highest BCUT2D eigenvalue weighted by Gasteiger charge is 2.36.